The Kier molecular flexibility index (Phi) is 5.09. The number of hydrogen-bond donors (Lipinski definition) is 2. The van der Waals surface area contributed by atoms with E-state index in [0.717, 1.165) is 0 Å². The molecule has 3 N–H and O–H groups in total. The topological polar surface area (TPSA) is 124 Å². The van der Waals surface area contributed by atoms with Crippen molar-refractivity contribution in [3.8, 4) is 23.4 Å². The first-order valence-corrected chi connectivity index (χ1v) is 9.75. The zero-order chi connectivity index (χ0) is 22.2. The van der Waals surface area contributed by atoms with Crippen molar-refractivity contribution in [2.45, 2.75) is 18.9 Å². The van der Waals surface area contributed by atoms with Crippen LogP contribution in [0, 0.1) is 11.8 Å². The summed E-state index contributed by atoms with van der Waals surface area (Å²) in [4.78, 5) is 29.7. The van der Waals surface area contributed by atoms with Crippen LogP contribution in [-0.2, 0) is 4.79 Å². The third kappa shape index (κ3) is 3.69. The number of aromatic nitrogens is 3. The summed E-state index contributed by atoms with van der Waals surface area (Å²) in [5.74, 6) is 4.90. The molecular weight excluding hydrogens is 398 g/mol. The number of fused-ring (bicyclic) bond motifs is 1. The smallest absolute Gasteiger partial charge is 0.269 e. The Morgan fingerprint density at radius 1 is 1.39 bits per heavy atom. The van der Waals surface area contributed by atoms with Crippen LogP contribution in [0.2, 0.25) is 0 Å². The second kappa shape index (κ2) is 7.74. The van der Waals surface area contributed by atoms with Crippen LogP contribution in [0.4, 0.5) is 0 Å². The molecule has 0 aliphatic carbocycles. The van der Waals surface area contributed by atoms with Crippen LogP contribution < -0.4 is 10.5 Å². The molecule has 4 rings (SSSR count). The van der Waals surface area contributed by atoms with Gasteiger partial charge in [-0.2, -0.15) is 5.10 Å². The van der Waals surface area contributed by atoms with E-state index in [-0.39, 0.29) is 12.1 Å². The van der Waals surface area contributed by atoms with Gasteiger partial charge in [0.05, 0.1) is 23.2 Å². The molecule has 1 fully saturated rings. The molecule has 0 radical (unpaired) electrons. The van der Waals surface area contributed by atoms with Crippen LogP contribution in [0.15, 0.2) is 36.5 Å². The number of nitrogens with two attached hydrogens (primary N) is 1. The Hall–Kier alpha value is -3.90. The summed E-state index contributed by atoms with van der Waals surface area (Å²) in [5.41, 5.74) is 5.71. The van der Waals surface area contributed by atoms with Gasteiger partial charge in [-0.05, 0) is 25.1 Å². The zero-order valence-corrected chi connectivity index (χ0v) is 17.1. The highest BCUT2D eigenvalue weighted by Gasteiger charge is 2.42. The van der Waals surface area contributed by atoms with Gasteiger partial charge in [0.15, 0.2) is 5.69 Å². The molecule has 0 bridgehead atoms. The van der Waals surface area contributed by atoms with Crippen molar-refractivity contribution >= 4 is 22.7 Å². The Bertz CT molecular complexity index is 1260. The van der Waals surface area contributed by atoms with Crippen LogP contribution in [0.25, 0.3) is 16.6 Å². The highest BCUT2D eigenvalue weighted by atomic mass is 16.5. The number of rotatable bonds is 4. The van der Waals surface area contributed by atoms with Gasteiger partial charge in [-0.15, -0.1) is 0 Å². The number of pyridine rings is 1. The van der Waals surface area contributed by atoms with E-state index >= 15 is 0 Å². The van der Waals surface area contributed by atoms with Gasteiger partial charge in [-0.1, -0.05) is 17.9 Å². The quantitative estimate of drug-likeness (QED) is 0.605. The van der Waals surface area contributed by atoms with Crippen molar-refractivity contribution in [3.63, 3.8) is 0 Å². The van der Waals surface area contributed by atoms with Gasteiger partial charge in [-0.3, -0.25) is 9.59 Å². The van der Waals surface area contributed by atoms with Crippen molar-refractivity contribution in [2.24, 2.45) is 5.73 Å². The molecule has 2 aromatic heterocycles. The Morgan fingerprint density at radius 2 is 2.19 bits per heavy atom. The monoisotopic (exact) mass is 419 g/mol. The molecule has 31 heavy (non-hydrogen) atoms. The number of ether oxygens (including phenoxy) is 1. The number of aliphatic hydroxyl groups is 1. The van der Waals surface area contributed by atoms with Gasteiger partial charge in [0.25, 0.3) is 11.8 Å². The SMILES string of the molecule is CCOc1cc2c(cn1)c(C(N)=O)nn2-c1cccc(C#C[C@]2(O)CCN(C)C2=O)c1. The van der Waals surface area contributed by atoms with Gasteiger partial charge < -0.3 is 20.5 Å². The van der Waals surface area contributed by atoms with E-state index in [0.29, 0.717) is 41.2 Å². The summed E-state index contributed by atoms with van der Waals surface area (Å²) in [6.45, 7) is 2.74. The van der Waals surface area contributed by atoms with E-state index in [1.807, 2.05) is 6.92 Å². The molecule has 0 saturated carbocycles. The van der Waals surface area contributed by atoms with Crippen molar-refractivity contribution in [1.82, 2.24) is 19.7 Å². The third-order valence-electron chi connectivity index (χ3n) is 5.08. The molecule has 9 heteroatoms. The fourth-order valence-corrected chi connectivity index (χ4v) is 3.46. The molecule has 1 aliphatic rings. The standard InChI is InChI=1S/C22H21N5O4/c1-3-31-18-12-17-16(13-24-18)19(20(23)28)25-27(17)15-6-4-5-14(11-15)7-8-22(30)9-10-26(2)21(22)29/h4-6,11-13,30H,3,9-10H2,1-2H3,(H2,23,28)/t22-/m0/s1. The number of hydrogen-bond acceptors (Lipinski definition) is 6. The van der Waals surface area contributed by atoms with E-state index in [2.05, 4.69) is 21.9 Å². The van der Waals surface area contributed by atoms with Crippen LogP contribution >= 0.6 is 0 Å². The summed E-state index contributed by atoms with van der Waals surface area (Å²) in [7, 11) is 1.63. The van der Waals surface area contributed by atoms with Gasteiger partial charge in [0, 0.05) is 37.8 Å². The largest absolute Gasteiger partial charge is 0.478 e. The summed E-state index contributed by atoms with van der Waals surface area (Å²) in [5, 5.41) is 15.4. The maximum absolute atomic E-state index is 12.1. The lowest BCUT2D eigenvalue weighted by atomic mass is 10.0. The molecule has 2 amide bonds. The van der Waals surface area contributed by atoms with Crippen molar-refractivity contribution in [1.29, 1.82) is 0 Å². The Balaban J connectivity index is 1.78. The van der Waals surface area contributed by atoms with E-state index in [4.69, 9.17) is 10.5 Å². The molecule has 9 nitrogen and oxygen atoms in total. The second-order valence-corrected chi connectivity index (χ2v) is 7.23. The maximum atomic E-state index is 12.1. The van der Waals surface area contributed by atoms with Crippen molar-refractivity contribution < 1.29 is 19.4 Å². The zero-order valence-electron chi connectivity index (χ0n) is 17.1. The van der Waals surface area contributed by atoms with Crippen molar-refractivity contribution in [3.05, 3.63) is 47.8 Å². The van der Waals surface area contributed by atoms with E-state index in [1.165, 1.54) is 11.1 Å². The minimum absolute atomic E-state index is 0.0935. The van der Waals surface area contributed by atoms with Gasteiger partial charge in [0.2, 0.25) is 11.5 Å². The average Bonchev–Trinajstić information content (AvgIpc) is 3.26. The van der Waals surface area contributed by atoms with E-state index in [9.17, 15) is 14.7 Å². The highest BCUT2D eigenvalue weighted by molar-refractivity contribution is 6.04. The molecule has 1 aliphatic heterocycles. The molecule has 0 spiro atoms. The minimum Gasteiger partial charge on any atom is -0.478 e. The number of carbonyl (C=O) groups is 2. The normalized spacial score (nSPS) is 18.2. The maximum Gasteiger partial charge on any atom is 0.269 e. The average molecular weight is 419 g/mol. The number of likely N-dealkylation sites (tertiary alicyclic amines) is 1. The molecule has 3 aromatic rings. The first-order valence-electron chi connectivity index (χ1n) is 9.75. The Morgan fingerprint density at radius 3 is 2.87 bits per heavy atom. The summed E-state index contributed by atoms with van der Waals surface area (Å²) < 4.78 is 7.03. The number of likely N-dealkylation sites (N-methyl/N-ethyl adjacent to an activating group) is 1. The predicted octanol–water partition coefficient (Wildman–Crippen LogP) is 0.863. The third-order valence-corrected chi connectivity index (χ3v) is 5.08. The van der Waals surface area contributed by atoms with Crippen LogP contribution in [0.3, 0.4) is 0 Å². The number of nitrogens with zero attached hydrogens (tertiary/aromatic N) is 4. The lowest BCUT2D eigenvalue weighted by Crippen LogP contribution is -2.37. The first kappa shape index (κ1) is 20.4. The summed E-state index contributed by atoms with van der Waals surface area (Å²) in [6.07, 6.45) is 1.76. The molecule has 1 aromatic carbocycles. The second-order valence-electron chi connectivity index (χ2n) is 7.23. The van der Waals surface area contributed by atoms with E-state index in [1.54, 1.807) is 42.1 Å². The molecular formula is C22H21N5O4. The van der Waals surface area contributed by atoms with Gasteiger partial charge in [-0.25, -0.2) is 9.67 Å². The molecule has 0 unspecified atom stereocenters. The van der Waals surface area contributed by atoms with E-state index < -0.39 is 17.4 Å². The van der Waals surface area contributed by atoms with Gasteiger partial charge in [0.1, 0.15) is 0 Å². The van der Waals surface area contributed by atoms with Gasteiger partial charge >= 0.3 is 0 Å². The van der Waals surface area contributed by atoms with Crippen LogP contribution in [0.5, 0.6) is 5.88 Å². The minimum atomic E-state index is -1.68. The summed E-state index contributed by atoms with van der Waals surface area (Å²) in [6, 6.07) is 8.77. The molecule has 1 atom stereocenters. The lowest BCUT2D eigenvalue weighted by molar-refractivity contribution is -0.137. The first-order chi connectivity index (χ1) is 14.8. The number of primary amides is 1. The number of carbonyl (C=O) groups excluding carboxylic acids is 2. The number of benzene rings is 1. The number of amides is 2. The fraction of sp³-hybridized carbons (Fsp3) is 0.273. The molecule has 1 saturated heterocycles. The predicted molar refractivity (Wildman–Crippen MR) is 113 cm³/mol. The molecule has 3 heterocycles. The highest BCUT2D eigenvalue weighted by Crippen LogP contribution is 2.25. The van der Waals surface area contributed by atoms with Crippen molar-refractivity contribution in [2.75, 3.05) is 20.2 Å². The summed E-state index contributed by atoms with van der Waals surface area (Å²) >= 11 is 0. The molecule has 158 valence electrons. The van der Waals surface area contributed by atoms with Crippen LogP contribution in [-0.4, -0.2) is 62.4 Å². The Labute approximate surface area is 178 Å². The van der Waals surface area contributed by atoms with Crippen LogP contribution in [0.1, 0.15) is 29.4 Å². The fourth-order valence-electron chi connectivity index (χ4n) is 3.46. The lowest BCUT2D eigenvalue weighted by Gasteiger charge is -2.13.